The zero-order valence-corrected chi connectivity index (χ0v) is 81.6. The van der Waals surface area contributed by atoms with E-state index >= 15 is 0 Å². The number of unbranched alkanes of at least 4 members (excludes halogenated alkanes) is 10. The number of halogens is 3. The van der Waals surface area contributed by atoms with Crippen molar-refractivity contribution in [1.82, 2.24) is 30.4 Å². The van der Waals surface area contributed by atoms with E-state index < -0.39 is 15.7 Å². The van der Waals surface area contributed by atoms with E-state index in [0.29, 0.717) is 75.5 Å². The van der Waals surface area contributed by atoms with Crippen LogP contribution in [-0.4, -0.2) is 74.1 Å². The number of hydrogen-bond acceptors (Lipinski definition) is 17. The molecule has 7 N–H and O–H groups in total. The molecule has 5 fully saturated rings. The van der Waals surface area contributed by atoms with Gasteiger partial charge in [0, 0.05) is 62.2 Å². The summed E-state index contributed by atoms with van der Waals surface area (Å²) in [5.74, 6) is 13.4. The van der Waals surface area contributed by atoms with E-state index in [0.717, 1.165) is 57.5 Å². The van der Waals surface area contributed by atoms with Crippen molar-refractivity contribution in [3.05, 3.63) is 219 Å². The van der Waals surface area contributed by atoms with Gasteiger partial charge >= 0.3 is 0 Å². The number of rotatable bonds is 33. The molecule has 3 aromatic heterocycles. The van der Waals surface area contributed by atoms with E-state index in [2.05, 4.69) is 170 Å². The topological polar surface area (TPSA) is 297 Å². The molecule has 0 aliphatic heterocycles. The van der Waals surface area contributed by atoms with E-state index in [9.17, 15) is 14.4 Å². The summed E-state index contributed by atoms with van der Waals surface area (Å²) >= 11 is 15.6. The van der Waals surface area contributed by atoms with E-state index in [4.69, 9.17) is 91.2 Å². The fourth-order valence-electron chi connectivity index (χ4n) is 19.5. The highest BCUT2D eigenvalue weighted by atomic mass is 35.5. The molecular weight excluding hydrogens is 1720 g/mol. The quantitative estimate of drug-likeness (QED) is 0.00486. The van der Waals surface area contributed by atoms with Gasteiger partial charge in [-0.3, -0.25) is 14.4 Å². The molecular formula is C111H149Cl3N10O9. The van der Waals surface area contributed by atoms with Gasteiger partial charge in [-0.15, -0.1) is 0 Å². The fraction of sp³-hybridized carbons (Fsp3) is 0.523. The largest absolute Gasteiger partial charge is 0.409 e. The minimum atomic E-state index is -0.797. The highest BCUT2D eigenvalue weighted by molar-refractivity contribution is 6.70. The molecule has 19 nitrogen and oxygen atoms in total. The zero-order chi connectivity index (χ0) is 94.4. The molecule has 5 saturated carbocycles. The molecule has 0 radical (unpaired) electrons. The van der Waals surface area contributed by atoms with Crippen molar-refractivity contribution in [2.24, 2.45) is 40.5 Å². The minimum absolute atomic E-state index is 0. The Kier molecular flexibility index (Phi) is 49.1. The van der Waals surface area contributed by atoms with Crippen LogP contribution in [-0.2, 0) is 0 Å². The van der Waals surface area contributed by atoms with E-state index in [1.54, 1.807) is 6.92 Å². The van der Waals surface area contributed by atoms with E-state index in [1.165, 1.54) is 303 Å². The monoisotopic (exact) mass is 1870 g/mol. The molecule has 22 heteroatoms. The van der Waals surface area contributed by atoms with Gasteiger partial charge in [0.1, 0.15) is 0 Å². The summed E-state index contributed by atoms with van der Waals surface area (Å²) in [4.78, 5) is 50.7. The number of nitrogens with zero attached hydrogens (tertiary/aromatic N) is 8. The second kappa shape index (κ2) is 60.1. The molecule has 7 aromatic carbocycles. The lowest BCUT2D eigenvalue weighted by molar-refractivity contribution is 0.108. The molecule has 5 aliphatic carbocycles. The molecule has 5 aliphatic rings. The van der Waals surface area contributed by atoms with Gasteiger partial charge in [-0.05, 0) is 275 Å². The Bertz CT molecular complexity index is 4840. The van der Waals surface area contributed by atoms with Crippen molar-refractivity contribution in [3.63, 3.8) is 0 Å². The number of hydrogen-bond donors (Lipinski definition) is 5. The van der Waals surface area contributed by atoms with Gasteiger partial charge in [0.05, 0.1) is 6.57 Å². The molecule has 10 aromatic rings. The molecule has 0 unspecified atom stereocenters. The predicted molar refractivity (Wildman–Crippen MR) is 543 cm³/mol. The van der Waals surface area contributed by atoms with E-state index in [-0.39, 0.29) is 36.6 Å². The summed E-state index contributed by atoms with van der Waals surface area (Å²) in [7, 11) is 0. The Hall–Kier alpha value is -9.52. The van der Waals surface area contributed by atoms with Crippen LogP contribution in [0.1, 0.15) is 407 Å². The van der Waals surface area contributed by atoms with Gasteiger partial charge in [-0.1, -0.05) is 332 Å². The summed E-state index contributed by atoms with van der Waals surface area (Å²) in [5, 5.41) is 36.7. The van der Waals surface area contributed by atoms with Crippen molar-refractivity contribution in [2.45, 2.75) is 342 Å². The summed E-state index contributed by atoms with van der Waals surface area (Å²) < 4.78 is 17.9. The van der Waals surface area contributed by atoms with Gasteiger partial charge < -0.3 is 34.8 Å². The maximum Gasteiger partial charge on any atom is 0.258 e. The third-order valence-corrected chi connectivity index (χ3v) is 28.0. The van der Waals surface area contributed by atoms with Crippen LogP contribution in [0, 0.1) is 30.2 Å². The zero-order valence-electron chi connectivity index (χ0n) is 79.4. The van der Waals surface area contributed by atoms with Crippen molar-refractivity contribution in [3.8, 4) is 68.5 Å². The number of oxime groups is 1. The van der Waals surface area contributed by atoms with E-state index in [1.807, 2.05) is 42.5 Å². The molecule has 0 bridgehead atoms. The van der Waals surface area contributed by atoms with Crippen molar-refractivity contribution in [2.75, 3.05) is 6.61 Å². The maximum atomic E-state index is 10.9. The summed E-state index contributed by atoms with van der Waals surface area (Å²) in [6, 6.07) is 52.1. The Morgan fingerprint density at radius 3 is 0.842 bits per heavy atom. The first kappa shape index (κ1) is 109. The third kappa shape index (κ3) is 35.0. The number of nitrogens with two attached hydrogens (primary N) is 2. The van der Waals surface area contributed by atoms with Crippen LogP contribution < -0.4 is 11.6 Å². The van der Waals surface area contributed by atoms with Crippen LogP contribution in [0.2, 0.25) is 0 Å². The number of aliphatic hydroxyl groups is 1. The predicted octanol–water partition coefficient (Wildman–Crippen LogP) is 32.3. The van der Waals surface area contributed by atoms with Crippen LogP contribution in [0.25, 0.3) is 73.4 Å². The lowest BCUT2D eigenvalue weighted by Gasteiger charge is -2.29. The minimum Gasteiger partial charge on any atom is -0.409 e. The Morgan fingerprint density at radius 1 is 0.361 bits per heavy atom. The number of amidine groups is 1. The Morgan fingerprint density at radius 2 is 0.609 bits per heavy atom. The first-order valence-corrected chi connectivity index (χ1v) is 50.7. The smallest absolute Gasteiger partial charge is 0.258 e. The summed E-state index contributed by atoms with van der Waals surface area (Å²) in [6.45, 7) is 22.5. The van der Waals surface area contributed by atoms with Gasteiger partial charge in [-0.2, -0.15) is 15.0 Å². The van der Waals surface area contributed by atoms with Gasteiger partial charge in [0.15, 0.2) is 11.5 Å². The number of carbonyl (C=O) groups excluding carboxylic acids is 3. The van der Waals surface area contributed by atoms with Crippen LogP contribution in [0.3, 0.4) is 0 Å². The molecule has 133 heavy (non-hydrogen) atoms. The van der Waals surface area contributed by atoms with Crippen LogP contribution in [0.4, 0.5) is 5.69 Å². The number of benzene rings is 7. The molecule has 0 saturated heterocycles. The maximum absolute atomic E-state index is 10.9. The average molecular weight is 1870 g/mol. The van der Waals surface area contributed by atoms with Crippen molar-refractivity contribution < 1.29 is 43.5 Å². The summed E-state index contributed by atoms with van der Waals surface area (Å²) in [6.07, 6.45) is 53.7. The fourth-order valence-corrected chi connectivity index (χ4v) is 19.8. The van der Waals surface area contributed by atoms with Crippen LogP contribution in [0.5, 0.6) is 0 Å². The molecule has 718 valence electrons. The second-order valence-corrected chi connectivity index (χ2v) is 37.8. The van der Waals surface area contributed by atoms with Crippen molar-refractivity contribution in [1.29, 1.82) is 0 Å². The first-order valence-electron chi connectivity index (χ1n) is 49.5. The average Bonchev–Trinajstić information content (AvgIpc) is 1.65. The van der Waals surface area contributed by atoms with Crippen LogP contribution >= 0.6 is 34.8 Å². The summed E-state index contributed by atoms with van der Waals surface area (Å²) in [5.41, 5.74) is 19.0. The molecule has 3 heterocycles. The Balaban J connectivity index is 0.000000265. The second-order valence-electron chi connectivity index (χ2n) is 36.7. The van der Waals surface area contributed by atoms with Crippen molar-refractivity contribution >= 4 is 62.1 Å². The number of aliphatic hydroxyl groups excluding tert-OH is 1. The van der Waals surface area contributed by atoms with Gasteiger partial charge in [0.25, 0.3) is 33.4 Å². The molecule has 0 amide bonds. The highest BCUT2D eigenvalue weighted by Gasteiger charge is 2.29. The SMILES string of the molecule is C.CCCCC.CCCCCC1CCC(c2ccc(-c3noc(-c4cc(-c5nc(-c6ccc(C7CCCCC7)cc6)no5)cc(-c5nc(-c6ccc(C7CCC(CCCCC)CC7)cc6)no5)c4)n3)cc2)CC1.CCCCCC1CCC(c2ccc(C(N)=NO)cc2)CC1.CCO.NO.O=C(Cl)c1cc(C(=O)Cl)cc(C(=O)Cl)c1.[C-]#[N+]c1ccc(C2CCC(CCCCC)CC2)cc1. The standard InChI is InChI=1S/C58H68N6O3.C18H28N2O.C18H25N.C9H3Cl3O3.C5H12.C2H6O.CH4.H3NO/c1-3-5-8-12-39-16-20-42(21-17-39)45-26-32-48(33-27-45)54-60-57(66-63-54)51-36-50(56-59-53(62-65-56)47-30-24-44(25-31-47)41-14-10-7-11-15-41)37-52(38-51)58-61-55(64-67-58)49-34-28-46(29-35-49)43-22-18-40(19-23-43)13-9-6-4-2;1-2-3-4-5-14-6-8-15(9-7-14)16-10-12-17(13-11-16)18(19)20-21;1-3-4-5-6-15-7-9-16(10-8-15)17-11-13-18(19-2)14-12-17;10-7(13)4-1-5(8(11)14)3-6(2-4)9(12)15;1-3-5-4-2;1-2-3;;1-2/h24-43H,3-23H2,1-2H3;10-15,21H,2-9H2,1H3,(H2,19,20);11-16H,3-10H2,1H3;1-3H;3-5H2,1-2H3;3H,2H2,1H3;1H4;2H,1H2. The number of carbonyl (C=O) groups is 3. The van der Waals surface area contributed by atoms with Gasteiger partial charge in [0.2, 0.25) is 17.5 Å². The molecule has 0 atom stereocenters. The van der Waals surface area contributed by atoms with Gasteiger partial charge in [-0.25, -0.2) is 10.7 Å². The molecule has 0 spiro atoms. The lowest BCUT2D eigenvalue weighted by atomic mass is 9.77. The highest BCUT2D eigenvalue weighted by Crippen LogP contribution is 2.44. The molecule has 15 rings (SSSR count). The third-order valence-electron chi connectivity index (χ3n) is 27.3. The lowest BCUT2D eigenvalue weighted by Crippen LogP contribution is -2.15. The first-order chi connectivity index (χ1) is 64.4. The normalized spacial score (nSPS) is 18.8. The number of aromatic nitrogens is 6. The van der Waals surface area contributed by atoms with Crippen LogP contribution in [0.15, 0.2) is 176 Å². The Labute approximate surface area is 807 Å².